The number of hydrogen-bond acceptors (Lipinski definition) is 4. The predicted molar refractivity (Wildman–Crippen MR) is 54.7 cm³/mol. The maximum Gasteiger partial charge on any atom is 0.340 e. The van der Waals surface area contributed by atoms with Gasteiger partial charge in [-0.15, -0.1) is 12.6 Å². The number of imidazole rings is 1. The molecule has 0 unspecified atom stereocenters. The number of nitrogens with zero attached hydrogens (tertiary/aromatic N) is 1. The monoisotopic (exact) mass is 208 g/mol. The molecule has 0 amide bonds. The Bertz CT molecular complexity index is 493. The van der Waals surface area contributed by atoms with E-state index in [0.717, 1.165) is 10.4 Å². The minimum Gasteiger partial charge on any atom is -0.465 e. The van der Waals surface area contributed by atoms with Crippen LogP contribution in [0.3, 0.4) is 0 Å². The van der Waals surface area contributed by atoms with Crippen LogP contribution in [0.25, 0.3) is 11.0 Å². The molecule has 0 radical (unpaired) electrons. The Labute approximate surface area is 85.7 Å². The van der Waals surface area contributed by atoms with Crippen molar-refractivity contribution in [2.75, 3.05) is 7.11 Å². The fourth-order valence-electron chi connectivity index (χ4n) is 1.29. The zero-order valence-corrected chi connectivity index (χ0v) is 8.34. The average Bonchev–Trinajstić information content (AvgIpc) is 2.67. The van der Waals surface area contributed by atoms with Crippen LogP contribution in [0.4, 0.5) is 0 Å². The molecule has 0 spiro atoms. The predicted octanol–water partition coefficient (Wildman–Crippen LogP) is 1.64. The average molecular weight is 208 g/mol. The third-order valence-corrected chi connectivity index (χ3v) is 2.34. The number of ether oxygens (including phenoxy) is 1. The number of rotatable bonds is 1. The van der Waals surface area contributed by atoms with E-state index in [2.05, 4.69) is 27.3 Å². The van der Waals surface area contributed by atoms with Gasteiger partial charge in [0.15, 0.2) is 0 Å². The molecule has 0 fully saturated rings. The topological polar surface area (TPSA) is 55.0 Å². The minimum absolute atomic E-state index is 0.393. The van der Waals surface area contributed by atoms with Gasteiger partial charge in [-0.25, -0.2) is 9.78 Å². The van der Waals surface area contributed by atoms with E-state index in [9.17, 15) is 4.79 Å². The van der Waals surface area contributed by atoms with Crippen molar-refractivity contribution < 1.29 is 9.53 Å². The number of nitrogens with one attached hydrogen (secondary N) is 1. The summed E-state index contributed by atoms with van der Waals surface area (Å²) in [4.78, 5) is 19.0. The van der Waals surface area contributed by atoms with Crippen molar-refractivity contribution in [3.8, 4) is 0 Å². The second-order valence-corrected chi connectivity index (χ2v) is 3.23. The van der Waals surface area contributed by atoms with Gasteiger partial charge in [0, 0.05) is 4.90 Å². The number of carbonyl (C=O) groups is 1. The number of hydrogen-bond donors (Lipinski definition) is 2. The van der Waals surface area contributed by atoms with Crippen molar-refractivity contribution in [3.63, 3.8) is 0 Å². The summed E-state index contributed by atoms with van der Waals surface area (Å²) in [6.45, 7) is 0. The summed E-state index contributed by atoms with van der Waals surface area (Å²) < 4.78 is 4.64. The van der Waals surface area contributed by atoms with Gasteiger partial charge in [-0.2, -0.15) is 0 Å². The van der Waals surface area contributed by atoms with Crippen LogP contribution in [0.15, 0.2) is 23.4 Å². The van der Waals surface area contributed by atoms with Crippen molar-refractivity contribution in [3.05, 3.63) is 24.0 Å². The Morgan fingerprint density at radius 2 is 2.36 bits per heavy atom. The van der Waals surface area contributed by atoms with E-state index in [1.165, 1.54) is 13.4 Å². The molecule has 1 aromatic heterocycles. The van der Waals surface area contributed by atoms with Crippen molar-refractivity contribution in [2.24, 2.45) is 0 Å². The highest BCUT2D eigenvalue weighted by Gasteiger charge is 2.13. The van der Waals surface area contributed by atoms with Gasteiger partial charge >= 0.3 is 5.97 Å². The van der Waals surface area contributed by atoms with Gasteiger partial charge in [-0.3, -0.25) is 0 Å². The fourth-order valence-corrected chi connectivity index (χ4v) is 1.54. The summed E-state index contributed by atoms with van der Waals surface area (Å²) in [7, 11) is 1.34. The third kappa shape index (κ3) is 1.26. The lowest BCUT2D eigenvalue weighted by atomic mass is 10.2. The van der Waals surface area contributed by atoms with E-state index in [4.69, 9.17) is 0 Å². The number of thiol groups is 1. The van der Waals surface area contributed by atoms with Crippen molar-refractivity contribution >= 4 is 29.6 Å². The summed E-state index contributed by atoms with van der Waals surface area (Å²) in [6, 6.07) is 3.38. The highest BCUT2D eigenvalue weighted by molar-refractivity contribution is 7.80. The van der Waals surface area contributed by atoms with Gasteiger partial charge in [0.2, 0.25) is 0 Å². The molecule has 1 heterocycles. The molecule has 4 nitrogen and oxygen atoms in total. The summed E-state index contributed by atoms with van der Waals surface area (Å²) in [6.07, 6.45) is 1.52. The molecule has 0 saturated carbocycles. The molecular weight excluding hydrogens is 200 g/mol. The summed E-state index contributed by atoms with van der Waals surface area (Å²) in [5.74, 6) is -0.393. The van der Waals surface area contributed by atoms with E-state index in [-0.39, 0.29) is 0 Å². The molecule has 1 N–H and O–H groups in total. The Balaban J connectivity index is 2.72. The molecule has 2 rings (SSSR count). The van der Waals surface area contributed by atoms with Crippen LogP contribution < -0.4 is 0 Å². The van der Waals surface area contributed by atoms with Gasteiger partial charge in [0.25, 0.3) is 0 Å². The summed E-state index contributed by atoms with van der Waals surface area (Å²) >= 11 is 4.24. The second-order valence-electron chi connectivity index (χ2n) is 2.75. The first kappa shape index (κ1) is 9.08. The molecule has 0 saturated heterocycles. The molecule has 0 bridgehead atoms. The summed E-state index contributed by atoms with van der Waals surface area (Å²) in [5.41, 5.74) is 1.78. The highest BCUT2D eigenvalue weighted by atomic mass is 32.1. The van der Waals surface area contributed by atoms with Crippen LogP contribution in [0, 0.1) is 0 Å². The van der Waals surface area contributed by atoms with Crippen LogP contribution in [0.1, 0.15) is 10.4 Å². The molecule has 2 aromatic rings. The number of benzene rings is 1. The number of methoxy groups -OCH3 is 1. The van der Waals surface area contributed by atoms with Crippen molar-refractivity contribution in [1.82, 2.24) is 9.97 Å². The zero-order valence-electron chi connectivity index (χ0n) is 7.44. The fraction of sp³-hybridized carbons (Fsp3) is 0.111. The van der Waals surface area contributed by atoms with Crippen molar-refractivity contribution in [2.45, 2.75) is 4.90 Å². The van der Waals surface area contributed by atoms with Crippen LogP contribution in [0.5, 0.6) is 0 Å². The number of esters is 1. The second kappa shape index (κ2) is 3.34. The maximum absolute atomic E-state index is 11.3. The SMILES string of the molecule is COC(=O)c1ccc(S)c2[nH]cnc12. The van der Waals surface area contributed by atoms with Crippen molar-refractivity contribution in [1.29, 1.82) is 0 Å². The van der Waals surface area contributed by atoms with Crippen LogP contribution in [-0.2, 0) is 4.74 Å². The first-order chi connectivity index (χ1) is 6.74. The smallest absolute Gasteiger partial charge is 0.340 e. The number of carbonyl (C=O) groups excluding carboxylic acids is 1. The Morgan fingerprint density at radius 1 is 1.57 bits per heavy atom. The molecule has 14 heavy (non-hydrogen) atoms. The van der Waals surface area contributed by atoms with Crippen LogP contribution in [0.2, 0.25) is 0 Å². The molecule has 0 aliphatic rings. The number of fused-ring (bicyclic) bond motifs is 1. The highest BCUT2D eigenvalue weighted by Crippen LogP contribution is 2.22. The van der Waals surface area contributed by atoms with Gasteiger partial charge < -0.3 is 9.72 Å². The number of aromatic amines is 1. The quantitative estimate of drug-likeness (QED) is 0.553. The third-order valence-electron chi connectivity index (χ3n) is 1.96. The van der Waals surface area contributed by atoms with Gasteiger partial charge in [-0.05, 0) is 12.1 Å². The van der Waals surface area contributed by atoms with Gasteiger partial charge in [0.1, 0.15) is 5.52 Å². The molecule has 0 aliphatic heterocycles. The van der Waals surface area contributed by atoms with Crippen LogP contribution >= 0.6 is 12.6 Å². The number of aromatic nitrogens is 2. The van der Waals surface area contributed by atoms with E-state index in [0.29, 0.717) is 11.1 Å². The Kier molecular flexibility index (Phi) is 2.17. The van der Waals surface area contributed by atoms with E-state index >= 15 is 0 Å². The molecule has 1 aromatic carbocycles. The van der Waals surface area contributed by atoms with Crippen LogP contribution in [-0.4, -0.2) is 23.0 Å². The maximum atomic E-state index is 11.3. The molecule has 0 aliphatic carbocycles. The first-order valence-electron chi connectivity index (χ1n) is 3.97. The molecule has 0 atom stereocenters. The first-order valence-corrected chi connectivity index (χ1v) is 4.42. The standard InChI is InChI=1S/C9H8N2O2S/c1-13-9(12)5-2-3-6(14)8-7(5)10-4-11-8/h2-4,14H,1H3,(H,10,11). The van der Waals surface area contributed by atoms with Gasteiger partial charge in [-0.1, -0.05) is 0 Å². The summed E-state index contributed by atoms with van der Waals surface area (Å²) in [5, 5.41) is 0. The zero-order chi connectivity index (χ0) is 10.1. The van der Waals surface area contributed by atoms with E-state index in [1.807, 2.05) is 0 Å². The Hall–Kier alpha value is -1.49. The molecular formula is C9H8N2O2S. The Morgan fingerprint density at radius 3 is 3.07 bits per heavy atom. The lowest BCUT2D eigenvalue weighted by molar-refractivity contribution is 0.0603. The molecule has 5 heteroatoms. The minimum atomic E-state index is -0.393. The lowest BCUT2D eigenvalue weighted by Crippen LogP contribution is -2.02. The van der Waals surface area contributed by atoms with E-state index < -0.39 is 5.97 Å². The van der Waals surface area contributed by atoms with Gasteiger partial charge in [0.05, 0.1) is 24.5 Å². The normalized spacial score (nSPS) is 10.4. The van der Waals surface area contributed by atoms with E-state index in [1.54, 1.807) is 12.1 Å². The molecule has 72 valence electrons. The number of H-pyrrole nitrogens is 1. The largest absolute Gasteiger partial charge is 0.465 e. The lowest BCUT2D eigenvalue weighted by Gasteiger charge is -2.01.